The third-order valence-electron chi connectivity index (χ3n) is 4.00. The molecule has 23 heavy (non-hydrogen) atoms. The zero-order valence-electron chi connectivity index (χ0n) is 15.0. The smallest absolute Gasteiger partial charge is 0.227 e. The van der Waals surface area contributed by atoms with Crippen LogP contribution in [0.25, 0.3) is 0 Å². The first-order valence-corrected chi connectivity index (χ1v) is 8.02. The first-order valence-electron chi connectivity index (χ1n) is 8.02. The van der Waals surface area contributed by atoms with Crippen molar-refractivity contribution >= 4 is 5.91 Å². The number of amides is 1. The lowest BCUT2D eigenvalue weighted by molar-refractivity contribution is -0.129. The van der Waals surface area contributed by atoms with E-state index < -0.39 is 0 Å². The third-order valence-corrected chi connectivity index (χ3v) is 4.00. The number of hydrogen-bond donors (Lipinski definition) is 0. The Hall–Kier alpha value is -2.11. The Morgan fingerprint density at radius 3 is 2.61 bits per heavy atom. The van der Waals surface area contributed by atoms with Crippen LogP contribution < -0.4 is 0 Å². The maximum atomic E-state index is 12.5. The highest BCUT2D eigenvalue weighted by molar-refractivity contribution is 5.79. The molecule has 1 amide bonds. The highest BCUT2D eigenvalue weighted by Gasteiger charge is 2.18. The van der Waals surface area contributed by atoms with Crippen molar-refractivity contribution in [1.29, 1.82) is 0 Å². The zero-order chi connectivity index (χ0) is 17.1. The van der Waals surface area contributed by atoms with E-state index in [0.717, 1.165) is 29.1 Å². The second-order valence-electron chi connectivity index (χ2n) is 6.67. The van der Waals surface area contributed by atoms with Gasteiger partial charge in [-0.15, -0.1) is 0 Å². The van der Waals surface area contributed by atoms with Gasteiger partial charge in [0.05, 0.1) is 18.3 Å². The molecule has 2 aromatic rings. The summed E-state index contributed by atoms with van der Waals surface area (Å²) in [4.78, 5) is 14.3. The molecule has 0 bridgehead atoms. The minimum Gasteiger partial charge on any atom is -0.341 e. The summed E-state index contributed by atoms with van der Waals surface area (Å²) in [7, 11) is 3.71. The van der Waals surface area contributed by atoms with Crippen LogP contribution in [0.2, 0.25) is 0 Å². The van der Waals surface area contributed by atoms with Crippen molar-refractivity contribution in [3.63, 3.8) is 0 Å². The molecule has 0 aromatic carbocycles. The van der Waals surface area contributed by atoms with Gasteiger partial charge >= 0.3 is 0 Å². The second-order valence-corrected chi connectivity index (χ2v) is 6.67. The first-order chi connectivity index (χ1) is 10.8. The van der Waals surface area contributed by atoms with Crippen LogP contribution >= 0.6 is 0 Å². The summed E-state index contributed by atoms with van der Waals surface area (Å²) < 4.78 is 3.77. The molecular weight excluding hydrogens is 290 g/mol. The molecule has 0 saturated heterocycles. The Morgan fingerprint density at radius 2 is 2.04 bits per heavy atom. The van der Waals surface area contributed by atoms with Crippen LogP contribution in [0.3, 0.4) is 0 Å². The minimum absolute atomic E-state index is 0.101. The fourth-order valence-electron chi connectivity index (χ4n) is 2.72. The Labute approximate surface area is 138 Å². The number of carbonyl (C=O) groups excluding carboxylic acids is 1. The molecule has 2 aromatic heterocycles. The average Bonchev–Trinajstić information content (AvgIpc) is 2.97. The van der Waals surface area contributed by atoms with E-state index in [2.05, 4.69) is 24.0 Å². The molecule has 0 radical (unpaired) electrons. The minimum atomic E-state index is 0.101. The van der Waals surface area contributed by atoms with Crippen molar-refractivity contribution in [2.24, 2.45) is 13.0 Å². The normalized spacial score (nSPS) is 11.3. The number of likely N-dealkylation sites (N-methyl/N-ethyl adjacent to an activating group) is 1. The average molecular weight is 317 g/mol. The van der Waals surface area contributed by atoms with Crippen molar-refractivity contribution in [3.8, 4) is 0 Å². The Kier molecular flexibility index (Phi) is 5.23. The number of nitrogens with zero attached hydrogens (tertiary/aromatic N) is 5. The molecular formula is C17H27N5O. The standard InChI is InChI=1S/C17H27N5O/c1-12(2)9-22-14(4)16(13(3)19-22)7-17(23)20(5)10-15-8-18-21(6)11-15/h8,11-12H,7,9-10H2,1-6H3. The van der Waals surface area contributed by atoms with Gasteiger partial charge in [0.25, 0.3) is 0 Å². The summed E-state index contributed by atoms with van der Waals surface area (Å²) in [5, 5.41) is 8.72. The topological polar surface area (TPSA) is 56.0 Å². The molecule has 0 unspecified atom stereocenters. The van der Waals surface area contributed by atoms with Crippen LogP contribution in [-0.4, -0.2) is 37.4 Å². The van der Waals surface area contributed by atoms with Crippen molar-refractivity contribution in [1.82, 2.24) is 24.5 Å². The maximum absolute atomic E-state index is 12.5. The highest BCUT2D eigenvalue weighted by atomic mass is 16.2. The molecule has 0 aliphatic carbocycles. The molecule has 6 nitrogen and oxygen atoms in total. The molecule has 0 aliphatic heterocycles. The Bertz CT molecular complexity index is 683. The van der Waals surface area contributed by atoms with Crippen LogP contribution in [-0.2, 0) is 31.4 Å². The fourth-order valence-corrected chi connectivity index (χ4v) is 2.72. The number of hydrogen-bond acceptors (Lipinski definition) is 3. The Balaban J connectivity index is 2.06. The second kappa shape index (κ2) is 6.98. The van der Waals surface area contributed by atoms with Gasteiger partial charge in [-0.05, 0) is 19.8 Å². The van der Waals surface area contributed by atoms with Crippen molar-refractivity contribution in [2.75, 3.05) is 7.05 Å². The third kappa shape index (κ3) is 4.21. The van der Waals surface area contributed by atoms with Crippen LogP contribution in [0.15, 0.2) is 12.4 Å². The van der Waals surface area contributed by atoms with Crippen molar-refractivity contribution in [2.45, 2.75) is 47.2 Å². The lowest BCUT2D eigenvalue weighted by Gasteiger charge is -2.16. The summed E-state index contributed by atoms with van der Waals surface area (Å²) in [5.74, 6) is 0.633. The lowest BCUT2D eigenvalue weighted by atomic mass is 10.1. The van der Waals surface area contributed by atoms with E-state index in [1.54, 1.807) is 15.8 Å². The maximum Gasteiger partial charge on any atom is 0.227 e. The van der Waals surface area contributed by atoms with E-state index in [-0.39, 0.29) is 5.91 Å². The summed E-state index contributed by atoms with van der Waals surface area (Å²) >= 11 is 0. The molecule has 0 fully saturated rings. The number of rotatable bonds is 6. The van der Waals surface area contributed by atoms with Gasteiger partial charge in [0.15, 0.2) is 0 Å². The molecule has 0 atom stereocenters. The molecule has 0 spiro atoms. The van der Waals surface area contributed by atoms with Gasteiger partial charge in [-0.3, -0.25) is 14.2 Å². The first kappa shape index (κ1) is 17.2. The summed E-state index contributed by atoms with van der Waals surface area (Å²) in [5.41, 5.74) is 4.13. The van der Waals surface area contributed by atoms with E-state index in [1.165, 1.54) is 0 Å². The van der Waals surface area contributed by atoms with E-state index >= 15 is 0 Å². The highest BCUT2D eigenvalue weighted by Crippen LogP contribution is 2.16. The number of carbonyl (C=O) groups is 1. The molecule has 126 valence electrons. The molecule has 6 heteroatoms. The summed E-state index contributed by atoms with van der Waals surface area (Å²) in [6.45, 7) is 9.82. The SMILES string of the molecule is Cc1nn(CC(C)C)c(C)c1CC(=O)N(C)Cc1cnn(C)c1. The largest absolute Gasteiger partial charge is 0.341 e. The quantitative estimate of drug-likeness (QED) is 0.820. The van der Waals surface area contributed by atoms with E-state index in [1.807, 2.05) is 38.8 Å². The monoisotopic (exact) mass is 317 g/mol. The van der Waals surface area contributed by atoms with Crippen LogP contribution in [0.4, 0.5) is 0 Å². The molecule has 2 heterocycles. The van der Waals surface area contributed by atoms with Gasteiger partial charge < -0.3 is 4.90 Å². The number of aromatic nitrogens is 4. The van der Waals surface area contributed by atoms with Gasteiger partial charge in [0.1, 0.15) is 0 Å². The predicted molar refractivity (Wildman–Crippen MR) is 89.9 cm³/mol. The molecule has 2 rings (SSSR count). The zero-order valence-corrected chi connectivity index (χ0v) is 15.0. The summed E-state index contributed by atoms with van der Waals surface area (Å²) in [6.07, 6.45) is 4.12. The van der Waals surface area contributed by atoms with Gasteiger partial charge in [-0.1, -0.05) is 13.8 Å². The van der Waals surface area contributed by atoms with Crippen molar-refractivity contribution < 1.29 is 4.79 Å². The van der Waals surface area contributed by atoms with Gasteiger partial charge in [0, 0.05) is 50.2 Å². The van der Waals surface area contributed by atoms with E-state index in [0.29, 0.717) is 18.9 Å². The molecule has 0 aliphatic rings. The summed E-state index contributed by atoms with van der Waals surface area (Å²) in [6, 6.07) is 0. The Morgan fingerprint density at radius 1 is 1.35 bits per heavy atom. The molecule has 0 saturated carbocycles. The van der Waals surface area contributed by atoms with Gasteiger partial charge in [0.2, 0.25) is 5.91 Å². The van der Waals surface area contributed by atoms with Crippen LogP contribution in [0, 0.1) is 19.8 Å². The lowest BCUT2D eigenvalue weighted by Crippen LogP contribution is -2.28. The van der Waals surface area contributed by atoms with Crippen LogP contribution in [0.1, 0.15) is 36.4 Å². The molecule has 0 N–H and O–H groups in total. The van der Waals surface area contributed by atoms with Crippen LogP contribution in [0.5, 0.6) is 0 Å². The predicted octanol–water partition coefficient (Wildman–Crippen LogP) is 2.09. The van der Waals surface area contributed by atoms with E-state index in [9.17, 15) is 4.79 Å². The van der Waals surface area contributed by atoms with Gasteiger partial charge in [-0.2, -0.15) is 10.2 Å². The number of aryl methyl sites for hydroxylation is 2. The van der Waals surface area contributed by atoms with Gasteiger partial charge in [-0.25, -0.2) is 0 Å². The fraction of sp³-hybridized carbons (Fsp3) is 0.588. The van der Waals surface area contributed by atoms with Crippen molar-refractivity contribution in [3.05, 3.63) is 34.9 Å². The van der Waals surface area contributed by atoms with E-state index in [4.69, 9.17) is 0 Å².